The van der Waals surface area contributed by atoms with E-state index < -0.39 is 0 Å². The van der Waals surface area contributed by atoms with Crippen LogP contribution in [0.1, 0.15) is 30.9 Å². The summed E-state index contributed by atoms with van der Waals surface area (Å²) in [5.74, 6) is 1.66. The molecule has 0 spiro atoms. The summed E-state index contributed by atoms with van der Waals surface area (Å²) in [5, 5.41) is 0. The molecular formula is C12H20N2O. The van der Waals surface area contributed by atoms with Gasteiger partial charge in [0.1, 0.15) is 5.76 Å². The minimum absolute atomic E-state index is 0.178. The van der Waals surface area contributed by atoms with Gasteiger partial charge in [-0.25, -0.2) is 0 Å². The molecule has 0 radical (unpaired) electrons. The standard InChI is InChI=1S/C12H20N2O/c1-14(2)12(9-13)6-5-10(8-12)11-4-3-7-15-11/h3-4,7,10H,5-6,8-9,13H2,1-2H3. The second-order valence-corrected chi connectivity index (χ2v) is 4.78. The van der Waals surface area contributed by atoms with Gasteiger partial charge in [-0.3, -0.25) is 0 Å². The molecule has 1 saturated carbocycles. The highest BCUT2D eigenvalue weighted by molar-refractivity contribution is 5.12. The maximum atomic E-state index is 5.91. The van der Waals surface area contributed by atoms with E-state index in [2.05, 4.69) is 25.1 Å². The lowest BCUT2D eigenvalue weighted by atomic mass is 9.94. The Balaban J connectivity index is 2.11. The van der Waals surface area contributed by atoms with E-state index in [9.17, 15) is 0 Å². The first-order valence-corrected chi connectivity index (χ1v) is 5.59. The average molecular weight is 208 g/mol. The quantitative estimate of drug-likeness (QED) is 0.823. The minimum Gasteiger partial charge on any atom is -0.469 e. The number of nitrogens with two attached hydrogens (primary N) is 1. The molecule has 1 aliphatic rings. The Labute approximate surface area is 91.2 Å². The van der Waals surface area contributed by atoms with Crippen molar-refractivity contribution in [1.29, 1.82) is 0 Å². The van der Waals surface area contributed by atoms with Crippen LogP contribution in [-0.2, 0) is 0 Å². The van der Waals surface area contributed by atoms with E-state index >= 15 is 0 Å². The van der Waals surface area contributed by atoms with Gasteiger partial charge in [0, 0.05) is 18.0 Å². The topological polar surface area (TPSA) is 42.4 Å². The molecule has 0 aliphatic heterocycles. The molecule has 1 aromatic heterocycles. The number of nitrogens with zero attached hydrogens (tertiary/aromatic N) is 1. The van der Waals surface area contributed by atoms with Gasteiger partial charge in [0.2, 0.25) is 0 Å². The molecule has 0 bridgehead atoms. The maximum Gasteiger partial charge on any atom is 0.106 e. The largest absolute Gasteiger partial charge is 0.469 e. The van der Waals surface area contributed by atoms with Gasteiger partial charge in [0.25, 0.3) is 0 Å². The first kappa shape index (κ1) is 10.7. The highest BCUT2D eigenvalue weighted by Crippen LogP contribution is 2.42. The molecule has 15 heavy (non-hydrogen) atoms. The Kier molecular flexibility index (Phi) is 2.85. The number of furan rings is 1. The van der Waals surface area contributed by atoms with E-state index in [1.165, 1.54) is 12.8 Å². The summed E-state index contributed by atoms with van der Waals surface area (Å²) in [7, 11) is 4.24. The van der Waals surface area contributed by atoms with Crippen LogP contribution >= 0.6 is 0 Å². The summed E-state index contributed by atoms with van der Waals surface area (Å²) in [6, 6.07) is 4.04. The van der Waals surface area contributed by atoms with Crippen LogP contribution in [0.4, 0.5) is 0 Å². The van der Waals surface area contributed by atoms with Crippen LogP contribution in [0, 0.1) is 0 Å². The Hall–Kier alpha value is -0.800. The Morgan fingerprint density at radius 3 is 2.87 bits per heavy atom. The predicted molar refractivity (Wildman–Crippen MR) is 60.8 cm³/mol. The van der Waals surface area contributed by atoms with E-state index in [1.807, 2.05) is 6.07 Å². The molecule has 1 fully saturated rings. The Bertz CT molecular complexity index is 307. The molecule has 3 heteroatoms. The van der Waals surface area contributed by atoms with E-state index in [4.69, 9.17) is 10.2 Å². The van der Waals surface area contributed by atoms with Crippen LogP contribution < -0.4 is 5.73 Å². The molecule has 0 aromatic carbocycles. The van der Waals surface area contributed by atoms with Crippen molar-refractivity contribution >= 4 is 0 Å². The molecule has 1 aromatic rings. The molecule has 1 aliphatic carbocycles. The van der Waals surface area contributed by atoms with Crippen LogP contribution in [-0.4, -0.2) is 31.1 Å². The molecular weight excluding hydrogens is 188 g/mol. The van der Waals surface area contributed by atoms with Gasteiger partial charge in [0.15, 0.2) is 0 Å². The second-order valence-electron chi connectivity index (χ2n) is 4.78. The lowest BCUT2D eigenvalue weighted by Crippen LogP contribution is -2.48. The van der Waals surface area contributed by atoms with E-state index in [0.717, 1.165) is 18.7 Å². The molecule has 2 rings (SSSR count). The summed E-state index contributed by atoms with van der Waals surface area (Å²) in [4.78, 5) is 2.27. The van der Waals surface area contributed by atoms with Gasteiger partial charge in [-0.2, -0.15) is 0 Å². The van der Waals surface area contributed by atoms with E-state index in [0.29, 0.717) is 5.92 Å². The summed E-state index contributed by atoms with van der Waals surface area (Å²) < 4.78 is 5.48. The highest BCUT2D eigenvalue weighted by atomic mass is 16.3. The predicted octanol–water partition coefficient (Wildman–Crippen LogP) is 1.81. The number of rotatable bonds is 3. The zero-order chi connectivity index (χ0) is 10.9. The van der Waals surface area contributed by atoms with Gasteiger partial charge in [0.05, 0.1) is 6.26 Å². The lowest BCUT2D eigenvalue weighted by Gasteiger charge is -2.35. The summed E-state index contributed by atoms with van der Waals surface area (Å²) >= 11 is 0. The second kappa shape index (κ2) is 3.99. The van der Waals surface area contributed by atoms with Gasteiger partial charge in [-0.05, 0) is 45.5 Å². The van der Waals surface area contributed by atoms with Gasteiger partial charge >= 0.3 is 0 Å². The molecule has 3 nitrogen and oxygen atoms in total. The van der Waals surface area contributed by atoms with Crippen molar-refractivity contribution in [1.82, 2.24) is 4.90 Å². The molecule has 2 unspecified atom stereocenters. The fourth-order valence-corrected chi connectivity index (χ4v) is 2.65. The zero-order valence-corrected chi connectivity index (χ0v) is 9.57. The monoisotopic (exact) mass is 208 g/mol. The normalized spacial score (nSPS) is 31.3. The summed E-state index contributed by atoms with van der Waals surface area (Å²) in [5.41, 5.74) is 6.09. The van der Waals surface area contributed by atoms with Crippen molar-refractivity contribution in [2.75, 3.05) is 20.6 Å². The molecule has 0 saturated heterocycles. The average Bonchev–Trinajstić information content (AvgIpc) is 2.87. The highest BCUT2D eigenvalue weighted by Gasteiger charge is 2.41. The summed E-state index contributed by atoms with van der Waals surface area (Å²) in [6.07, 6.45) is 5.22. The smallest absolute Gasteiger partial charge is 0.106 e. The van der Waals surface area contributed by atoms with Crippen LogP contribution in [0.2, 0.25) is 0 Å². The minimum atomic E-state index is 0.178. The molecule has 84 valence electrons. The van der Waals surface area contributed by atoms with Gasteiger partial charge in [-0.1, -0.05) is 0 Å². The third-order valence-electron chi connectivity index (χ3n) is 3.86. The fraction of sp³-hybridized carbons (Fsp3) is 0.667. The van der Waals surface area contributed by atoms with Crippen LogP contribution in [0.3, 0.4) is 0 Å². The molecule has 1 heterocycles. The van der Waals surface area contributed by atoms with Crippen molar-refractivity contribution in [3.63, 3.8) is 0 Å². The first-order valence-electron chi connectivity index (χ1n) is 5.59. The number of hydrogen-bond donors (Lipinski definition) is 1. The van der Waals surface area contributed by atoms with E-state index in [-0.39, 0.29) is 5.54 Å². The van der Waals surface area contributed by atoms with Crippen LogP contribution in [0.25, 0.3) is 0 Å². The Morgan fingerprint density at radius 1 is 1.60 bits per heavy atom. The summed E-state index contributed by atoms with van der Waals surface area (Å²) in [6.45, 7) is 0.733. The van der Waals surface area contributed by atoms with Crippen molar-refractivity contribution in [3.8, 4) is 0 Å². The van der Waals surface area contributed by atoms with Crippen LogP contribution in [0.15, 0.2) is 22.8 Å². The van der Waals surface area contributed by atoms with Gasteiger partial charge in [-0.15, -0.1) is 0 Å². The van der Waals surface area contributed by atoms with Crippen LogP contribution in [0.5, 0.6) is 0 Å². The fourth-order valence-electron chi connectivity index (χ4n) is 2.65. The molecule has 2 N–H and O–H groups in total. The first-order chi connectivity index (χ1) is 7.18. The van der Waals surface area contributed by atoms with Crippen molar-refractivity contribution in [2.24, 2.45) is 5.73 Å². The third-order valence-corrected chi connectivity index (χ3v) is 3.86. The lowest BCUT2D eigenvalue weighted by molar-refractivity contribution is 0.163. The molecule has 2 atom stereocenters. The number of likely N-dealkylation sites (N-methyl/N-ethyl adjacent to an activating group) is 1. The Morgan fingerprint density at radius 2 is 2.40 bits per heavy atom. The SMILES string of the molecule is CN(C)C1(CN)CCC(c2ccco2)C1. The van der Waals surface area contributed by atoms with Crippen molar-refractivity contribution in [3.05, 3.63) is 24.2 Å². The van der Waals surface area contributed by atoms with Crippen molar-refractivity contribution < 1.29 is 4.42 Å². The maximum absolute atomic E-state index is 5.91. The zero-order valence-electron chi connectivity index (χ0n) is 9.57. The van der Waals surface area contributed by atoms with Gasteiger partial charge < -0.3 is 15.1 Å². The third kappa shape index (κ3) is 1.82. The number of hydrogen-bond acceptors (Lipinski definition) is 3. The van der Waals surface area contributed by atoms with E-state index in [1.54, 1.807) is 6.26 Å². The van der Waals surface area contributed by atoms with Crippen molar-refractivity contribution in [2.45, 2.75) is 30.7 Å². The molecule has 0 amide bonds.